The molecular weight excluding hydrogens is 320 g/mol. The van der Waals surface area contributed by atoms with E-state index < -0.39 is 4.92 Å². The number of nitrogen functional groups attached to an aromatic ring is 1. The lowest BCUT2D eigenvalue weighted by atomic mass is 10.1. The molecule has 0 aliphatic rings. The van der Waals surface area contributed by atoms with Crippen molar-refractivity contribution in [1.82, 2.24) is 0 Å². The van der Waals surface area contributed by atoms with Crippen molar-refractivity contribution in [1.29, 1.82) is 0 Å². The van der Waals surface area contributed by atoms with Gasteiger partial charge in [-0.2, -0.15) is 0 Å². The van der Waals surface area contributed by atoms with E-state index in [-0.39, 0.29) is 5.69 Å². The molecule has 22 heavy (non-hydrogen) atoms. The molecule has 0 unspecified atom stereocenters. The molecule has 1 aromatic heterocycles. The first kappa shape index (κ1) is 14.6. The van der Waals surface area contributed by atoms with Gasteiger partial charge in [0.15, 0.2) is 0 Å². The summed E-state index contributed by atoms with van der Waals surface area (Å²) in [6.07, 6.45) is 0. The SMILES string of the molecule is Nc1sc(-c2ccc([N+](=O)[O-])cc2)cc1-c1ccc(Cl)cc1. The minimum Gasteiger partial charge on any atom is -0.390 e. The molecule has 0 radical (unpaired) electrons. The maximum Gasteiger partial charge on any atom is 0.269 e. The summed E-state index contributed by atoms with van der Waals surface area (Å²) in [4.78, 5) is 11.3. The summed E-state index contributed by atoms with van der Waals surface area (Å²) < 4.78 is 0. The first-order valence-electron chi connectivity index (χ1n) is 6.44. The molecule has 0 aliphatic carbocycles. The Labute approximate surface area is 135 Å². The molecule has 2 N–H and O–H groups in total. The van der Waals surface area contributed by atoms with E-state index in [2.05, 4.69) is 0 Å². The minimum atomic E-state index is -0.411. The molecule has 0 atom stereocenters. The number of hydrogen-bond donors (Lipinski definition) is 1. The number of thiophene rings is 1. The summed E-state index contributed by atoms with van der Waals surface area (Å²) >= 11 is 7.35. The summed E-state index contributed by atoms with van der Waals surface area (Å²) in [7, 11) is 0. The Morgan fingerprint density at radius 3 is 2.18 bits per heavy atom. The van der Waals surface area contributed by atoms with E-state index in [1.165, 1.54) is 23.5 Å². The number of hydrogen-bond acceptors (Lipinski definition) is 4. The first-order chi connectivity index (χ1) is 10.5. The minimum absolute atomic E-state index is 0.0752. The smallest absolute Gasteiger partial charge is 0.269 e. The van der Waals surface area contributed by atoms with Gasteiger partial charge in [-0.25, -0.2) is 0 Å². The van der Waals surface area contributed by atoms with Crippen LogP contribution in [0.5, 0.6) is 0 Å². The summed E-state index contributed by atoms with van der Waals surface area (Å²) in [5.74, 6) is 0. The van der Waals surface area contributed by atoms with Crippen LogP contribution in [0, 0.1) is 10.1 Å². The molecule has 4 nitrogen and oxygen atoms in total. The second-order valence-corrected chi connectivity index (χ2v) is 6.22. The number of nitro benzene ring substituents is 1. The Morgan fingerprint density at radius 1 is 1.00 bits per heavy atom. The van der Waals surface area contributed by atoms with Crippen molar-refractivity contribution in [2.75, 3.05) is 5.73 Å². The number of halogens is 1. The van der Waals surface area contributed by atoms with Crippen LogP contribution >= 0.6 is 22.9 Å². The van der Waals surface area contributed by atoms with Gasteiger partial charge in [-0.05, 0) is 41.5 Å². The summed E-state index contributed by atoms with van der Waals surface area (Å²) in [5.41, 5.74) is 9.02. The monoisotopic (exact) mass is 330 g/mol. The zero-order valence-corrected chi connectivity index (χ0v) is 12.9. The number of anilines is 1. The number of benzene rings is 2. The zero-order valence-electron chi connectivity index (χ0n) is 11.3. The molecule has 3 aromatic rings. The Bertz CT molecular complexity index is 826. The van der Waals surface area contributed by atoms with Gasteiger partial charge in [-0.1, -0.05) is 23.7 Å². The van der Waals surface area contributed by atoms with Crippen molar-refractivity contribution < 1.29 is 4.92 Å². The van der Waals surface area contributed by atoms with Gasteiger partial charge in [0.1, 0.15) is 0 Å². The molecule has 2 aromatic carbocycles. The first-order valence-corrected chi connectivity index (χ1v) is 7.64. The number of rotatable bonds is 3. The number of non-ortho nitro benzene ring substituents is 1. The Kier molecular flexibility index (Phi) is 3.83. The number of nitrogens with zero attached hydrogens (tertiary/aromatic N) is 1. The van der Waals surface area contributed by atoms with E-state index in [1.807, 2.05) is 30.3 Å². The van der Waals surface area contributed by atoms with E-state index in [1.54, 1.807) is 12.1 Å². The van der Waals surface area contributed by atoms with Crippen LogP contribution in [0.4, 0.5) is 10.7 Å². The molecule has 6 heteroatoms. The summed E-state index contributed by atoms with van der Waals surface area (Å²) in [6.45, 7) is 0. The highest BCUT2D eigenvalue weighted by atomic mass is 35.5. The molecule has 3 rings (SSSR count). The van der Waals surface area contributed by atoms with Crippen molar-refractivity contribution in [2.24, 2.45) is 0 Å². The van der Waals surface area contributed by atoms with E-state index >= 15 is 0 Å². The van der Waals surface area contributed by atoms with Crippen LogP contribution in [-0.4, -0.2) is 4.92 Å². The fourth-order valence-electron chi connectivity index (χ4n) is 2.15. The lowest BCUT2D eigenvalue weighted by molar-refractivity contribution is -0.384. The highest BCUT2D eigenvalue weighted by Crippen LogP contribution is 2.39. The van der Waals surface area contributed by atoms with Gasteiger partial charge in [-0.15, -0.1) is 11.3 Å². The highest BCUT2D eigenvalue weighted by molar-refractivity contribution is 7.19. The fraction of sp³-hybridized carbons (Fsp3) is 0. The average molecular weight is 331 g/mol. The van der Waals surface area contributed by atoms with Crippen molar-refractivity contribution in [3.8, 4) is 21.6 Å². The number of nitrogens with two attached hydrogens (primary N) is 1. The second-order valence-electron chi connectivity index (χ2n) is 4.70. The standard InChI is InChI=1S/C16H11ClN2O2S/c17-12-5-1-10(2-6-12)14-9-15(22-16(14)18)11-3-7-13(8-4-11)19(20)21/h1-9H,18H2. The van der Waals surface area contributed by atoms with Crippen LogP contribution in [0.15, 0.2) is 54.6 Å². The maximum absolute atomic E-state index is 10.7. The Balaban J connectivity index is 1.98. The van der Waals surface area contributed by atoms with Crippen molar-refractivity contribution >= 4 is 33.6 Å². The Morgan fingerprint density at radius 2 is 1.59 bits per heavy atom. The predicted molar refractivity (Wildman–Crippen MR) is 91.3 cm³/mol. The van der Waals surface area contributed by atoms with Crippen LogP contribution in [0.2, 0.25) is 5.02 Å². The molecule has 0 bridgehead atoms. The summed E-state index contributed by atoms with van der Waals surface area (Å²) in [5, 5.41) is 12.1. The normalized spacial score (nSPS) is 10.6. The van der Waals surface area contributed by atoms with Gasteiger partial charge in [-0.3, -0.25) is 10.1 Å². The maximum atomic E-state index is 10.7. The Hall–Kier alpha value is -2.37. The van der Waals surface area contributed by atoms with Gasteiger partial charge in [0.05, 0.1) is 9.92 Å². The van der Waals surface area contributed by atoms with E-state index in [4.69, 9.17) is 17.3 Å². The average Bonchev–Trinajstić information content (AvgIpc) is 2.90. The number of nitro groups is 1. The van der Waals surface area contributed by atoms with Crippen LogP contribution in [-0.2, 0) is 0 Å². The molecule has 0 amide bonds. The third-order valence-electron chi connectivity index (χ3n) is 3.28. The van der Waals surface area contributed by atoms with Gasteiger partial charge in [0.2, 0.25) is 0 Å². The molecule has 0 fully saturated rings. The molecule has 110 valence electrons. The van der Waals surface area contributed by atoms with Gasteiger partial charge < -0.3 is 5.73 Å². The largest absolute Gasteiger partial charge is 0.390 e. The van der Waals surface area contributed by atoms with E-state index in [0.29, 0.717) is 10.0 Å². The van der Waals surface area contributed by atoms with Crippen LogP contribution in [0.3, 0.4) is 0 Å². The zero-order chi connectivity index (χ0) is 15.7. The van der Waals surface area contributed by atoms with Crippen molar-refractivity contribution in [3.05, 3.63) is 69.7 Å². The van der Waals surface area contributed by atoms with Crippen molar-refractivity contribution in [3.63, 3.8) is 0 Å². The van der Waals surface area contributed by atoms with Gasteiger partial charge >= 0.3 is 0 Å². The van der Waals surface area contributed by atoms with Crippen LogP contribution < -0.4 is 5.73 Å². The molecular formula is C16H11ClN2O2S. The third-order valence-corrected chi connectivity index (χ3v) is 4.54. The summed E-state index contributed by atoms with van der Waals surface area (Å²) in [6, 6.07) is 15.9. The molecule has 1 heterocycles. The van der Waals surface area contributed by atoms with Gasteiger partial charge in [0, 0.05) is 27.6 Å². The lowest BCUT2D eigenvalue weighted by Crippen LogP contribution is -1.86. The topological polar surface area (TPSA) is 69.2 Å². The predicted octanol–water partition coefficient (Wildman–Crippen LogP) is 5.23. The van der Waals surface area contributed by atoms with E-state index in [9.17, 15) is 10.1 Å². The molecule has 0 saturated carbocycles. The quantitative estimate of drug-likeness (QED) is 0.528. The van der Waals surface area contributed by atoms with Crippen LogP contribution in [0.25, 0.3) is 21.6 Å². The third kappa shape index (κ3) is 2.81. The lowest BCUT2D eigenvalue weighted by Gasteiger charge is -1.99. The fourth-order valence-corrected chi connectivity index (χ4v) is 3.23. The molecule has 0 saturated heterocycles. The van der Waals surface area contributed by atoms with Crippen molar-refractivity contribution in [2.45, 2.75) is 0 Å². The van der Waals surface area contributed by atoms with Gasteiger partial charge in [0.25, 0.3) is 5.69 Å². The van der Waals surface area contributed by atoms with Crippen LogP contribution in [0.1, 0.15) is 0 Å². The molecule has 0 spiro atoms. The highest BCUT2D eigenvalue weighted by Gasteiger charge is 2.11. The molecule has 0 aliphatic heterocycles. The second kappa shape index (κ2) is 5.79. The van der Waals surface area contributed by atoms with E-state index in [0.717, 1.165) is 21.6 Å².